The summed E-state index contributed by atoms with van der Waals surface area (Å²) in [6, 6.07) is 16.6. The highest BCUT2D eigenvalue weighted by Gasteiger charge is 2.67. The number of Topliss-reactive ketones (excluding diaryl/α,β-unsaturated/α-hetero) is 2. The third kappa shape index (κ3) is 1.45. The van der Waals surface area contributed by atoms with Crippen LogP contribution in [-0.4, -0.2) is 16.6 Å². The number of nitrogens with zero attached hydrogens (tertiary/aromatic N) is 1. The number of benzene rings is 2. The van der Waals surface area contributed by atoms with Gasteiger partial charge in [0.1, 0.15) is 11.6 Å². The molecule has 0 atom stereocenters. The highest BCUT2D eigenvalue weighted by molar-refractivity contribution is 6.03. The van der Waals surface area contributed by atoms with Crippen molar-refractivity contribution in [3.05, 3.63) is 65.9 Å². The van der Waals surface area contributed by atoms with E-state index in [0.717, 1.165) is 27.6 Å². The monoisotopic (exact) mass is 339 g/mol. The molecule has 3 nitrogen and oxygen atoms in total. The van der Waals surface area contributed by atoms with E-state index in [1.807, 2.05) is 24.4 Å². The van der Waals surface area contributed by atoms with Crippen LogP contribution in [0.25, 0.3) is 22.0 Å². The number of fused-ring (bicyclic) bond motifs is 5. The number of aromatic nitrogens is 1. The van der Waals surface area contributed by atoms with Gasteiger partial charge in [-0.2, -0.15) is 0 Å². The summed E-state index contributed by atoms with van der Waals surface area (Å²) < 4.78 is 0. The van der Waals surface area contributed by atoms with Crippen molar-refractivity contribution in [2.24, 2.45) is 0 Å². The smallest absolute Gasteiger partial charge is 0.134 e. The lowest BCUT2D eigenvalue weighted by molar-refractivity contribution is -0.119. The summed E-state index contributed by atoms with van der Waals surface area (Å²) in [4.78, 5) is 30.2. The van der Waals surface area contributed by atoms with Crippen molar-refractivity contribution < 1.29 is 9.59 Å². The standard InChI is InChI=1S/C23H17NO2/c25-15-10-22-11-16(26)13-23(22,12-15)20-17-5-2-1-4-14(17)7-8-18(20)21-19(22)6-3-9-24-21/h1-9H,10-13H2. The molecule has 26 heavy (non-hydrogen) atoms. The van der Waals surface area contributed by atoms with Gasteiger partial charge in [-0.1, -0.05) is 42.5 Å². The number of hydrogen-bond donors (Lipinski definition) is 0. The van der Waals surface area contributed by atoms with E-state index in [9.17, 15) is 9.59 Å². The normalized spacial score (nSPS) is 28.6. The Morgan fingerprint density at radius 3 is 2.31 bits per heavy atom. The zero-order chi connectivity index (χ0) is 17.5. The second-order valence-electron chi connectivity index (χ2n) is 8.06. The molecule has 0 spiro atoms. The van der Waals surface area contributed by atoms with E-state index in [4.69, 9.17) is 4.98 Å². The van der Waals surface area contributed by atoms with E-state index in [1.54, 1.807) is 0 Å². The van der Waals surface area contributed by atoms with E-state index >= 15 is 0 Å². The number of carbonyl (C=O) groups is 2. The van der Waals surface area contributed by atoms with Crippen molar-refractivity contribution in [2.45, 2.75) is 36.5 Å². The van der Waals surface area contributed by atoms with Crippen LogP contribution >= 0.6 is 0 Å². The van der Waals surface area contributed by atoms with Crippen molar-refractivity contribution in [2.75, 3.05) is 0 Å². The van der Waals surface area contributed by atoms with Crippen LogP contribution in [0.2, 0.25) is 0 Å². The quantitative estimate of drug-likeness (QED) is 0.619. The second-order valence-corrected chi connectivity index (χ2v) is 8.06. The molecule has 1 heterocycles. The summed E-state index contributed by atoms with van der Waals surface area (Å²) in [5.41, 5.74) is 3.50. The van der Waals surface area contributed by atoms with Crippen molar-refractivity contribution in [1.29, 1.82) is 0 Å². The van der Waals surface area contributed by atoms with Gasteiger partial charge < -0.3 is 0 Å². The fraction of sp³-hybridized carbons (Fsp3) is 0.261. The zero-order valence-corrected chi connectivity index (χ0v) is 14.3. The van der Waals surface area contributed by atoms with Crippen LogP contribution in [0.4, 0.5) is 0 Å². The molecule has 0 saturated heterocycles. The Hall–Kier alpha value is -2.81. The highest BCUT2D eigenvalue weighted by Crippen LogP contribution is 2.68. The Morgan fingerprint density at radius 2 is 1.50 bits per heavy atom. The van der Waals surface area contributed by atoms with Gasteiger partial charge in [-0.05, 0) is 28.0 Å². The zero-order valence-electron chi connectivity index (χ0n) is 14.3. The number of rotatable bonds is 0. The molecule has 0 unspecified atom stereocenters. The molecule has 2 aromatic carbocycles. The fourth-order valence-corrected chi connectivity index (χ4v) is 6.13. The van der Waals surface area contributed by atoms with Gasteiger partial charge in [-0.15, -0.1) is 0 Å². The minimum atomic E-state index is -0.415. The van der Waals surface area contributed by atoms with Gasteiger partial charge in [0.05, 0.1) is 5.69 Å². The van der Waals surface area contributed by atoms with Crippen LogP contribution in [0.15, 0.2) is 54.7 Å². The molecule has 0 amide bonds. The summed E-state index contributed by atoms with van der Waals surface area (Å²) in [6.07, 6.45) is 3.66. The van der Waals surface area contributed by atoms with Crippen LogP contribution in [0.1, 0.15) is 36.8 Å². The van der Waals surface area contributed by atoms with Gasteiger partial charge in [-0.3, -0.25) is 14.6 Å². The van der Waals surface area contributed by atoms with E-state index in [0.29, 0.717) is 25.7 Å². The van der Waals surface area contributed by atoms with Crippen LogP contribution in [-0.2, 0) is 20.4 Å². The Balaban J connectivity index is 1.86. The van der Waals surface area contributed by atoms with Crippen molar-refractivity contribution in [1.82, 2.24) is 4.98 Å². The number of carbonyl (C=O) groups excluding carboxylic acids is 2. The van der Waals surface area contributed by atoms with Gasteiger partial charge in [0.15, 0.2) is 0 Å². The van der Waals surface area contributed by atoms with Crippen molar-refractivity contribution in [3.8, 4) is 11.3 Å². The molecule has 0 N–H and O–H groups in total. The molecular formula is C23H17NO2. The molecular weight excluding hydrogens is 322 g/mol. The first-order valence-electron chi connectivity index (χ1n) is 9.16. The van der Waals surface area contributed by atoms with Crippen molar-refractivity contribution >= 4 is 22.3 Å². The fourth-order valence-electron chi connectivity index (χ4n) is 6.13. The first-order valence-corrected chi connectivity index (χ1v) is 9.16. The molecule has 1 aromatic heterocycles. The number of hydrogen-bond acceptors (Lipinski definition) is 3. The van der Waals surface area contributed by atoms with Gasteiger partial charge in [-0.25, -0.2) is 0 Å². The summed E-state index contributed by atoms with van der Waals surface area (Å²) in [5.74, 6) is 0.543. The lowest BCUT2D eigenvalue weighted by Gasteiger charge is -2.46. The van der Waals surface area contributed by atoms with Crippen LogP contribution in [0.3, 0.4) is 0 Å². The Labute approximate surface area is 151 Å². The van der Waals surface area contributed by atoms with Crippen molar-refractivity contribution in [3.63, 3.8) is 0 Å². The maximum Gasteiger partial charge on any atom is 0.134 e. The first kappa shape index (κ1) is 14.4. The average Bonchev–Trinajstić information content (AvgIpc) is 3.09. The second kappa shape index (κ2) is 4.47. The average molecular weight is 339 g/mol. The predicted molar refractivity (Wildman–Crippen MR) is 99.0 cm³/mol. The maximum absolute atomic E-state index is 12.7. The third-order valence-electron chi connectivity index (χ3n) is 6.90. The highest BCUT2D eigenvalue weighted by atomic mass is 16.1. The van der Waals surface area contributed by atoms with Crippen LogP contribution in [0, 0.1) is 0 Å². The largest absolute Gasteiger partial charge is 0.300 e. The lowest BCUT2D eigenvalue weighted by Crippen LogP contribution is -2.43. The van der Waals surface area contributed by atoms with Gasteiger partial charge in [0.2, 0.25) is 0 Å². The van der Waals surface area contributed by atoms with E-state index < -0.39 is 10.8 Å². The topological polar surface area (TPSA) is 47.0 Å². The Morgan fingerprint density at radius 1 is 0.769 bits per heavy atom. The molecule has 0 radical (unpaired) electrons. The molecule has 3 aromatic rings. The Kier molecular flexibility index (Phi) is 2.47. The third-order valence-corrected chi connectivity index (χ3v) is 6.90. The minimum absolute atomic E-state index is 0.271. The SMILES string of the molecule is O=C1CC23CC(=O)CC2(C1)c1c(ccc2ccccc12)-c1ncccc13. The molecule has 2 fully saturated rings. The summed E-state index contributed by atoms with van der Waals surface area (Å²) in [6.45, 7) is 0. The predicted octanol–water partition coefficient (Wildman–Crippen LogP) is 4.12. The van der Waals surface area contributed by atoms with E-state index in [2.05, 4.69) is 30.3 Å². The summed E-state index contributed by atoms with van der Waals surface area (Å²) in [5, 5.41) is 2.32. The Bertz CT molecular complexity index is 1120. The minimum Gasteiger partial charge on any atom is -0.300 e. The lowest BCUT2D eigenvalue weighted by atomic mass is 9.55. The van der Waals surface area contributed by atoms with E-state index in [-0.39, 0.29) is 11.6 Å². The summed E-state index contributed by atoms with van der Waals surface area (Å²) >= 11 is 0. The number of ketones is 2. The molecule has 0 bridgehead atoms. The van der Waals surface area contributed by atoms with E-state index in [1.165, 1.54) is 5.56 Å². The van der Waals surface area contributed by atoms with Crippen LogP contribution < -0.4 is 0 Å². The number of pyridine rings is 1. The van der Waals surface area contributed by atoms with Crippen LogP contribution in [0.5, 0.6) is 0 Å². The molecule has 3 heteroatoms. The summed E-state index contributed by atoms with van der Waals surface area (Å²) in [7, 11) is 0. The van der Waals surface area contributed by atoms with Gasteiger partial charge >= 0.3 is 0 Å². The van der Waals surface area contributed by atoms with Gasteiger partial charge in [0, 0.05) is 48.3 Å². The molecule has 126 valence electrons. The molecule has 3 aliphatic rings. The maximum atomic E-state index is 12.7. The van der Waals surface area contributed by atoms with Gasteiger partial charge in [0.25, 0.3) is 0 Å². The molecule has 6 rings (SSSR count). The molecule has 2 saturated carbocycles. The first-order chi connectivity index (χ1) is 12.6. The molecule has 3 aliphatic carbocycles. The molecule has 0 aliphatic heterocycles.